The molecule has 0 N–H and O–H groups in total. The molecule has 1 fully saturated rings. The highest BCUT2D eigenvalue weighted by Crippen LogP contribution is 2.36. The van der Waals surface area contributed by atoms with Gasteiger partial charge in [0.05, 0.1) is 25.2 Å². The van der Waals surface area contributed by atoms with E-state index in [-0.39, 0.29) is 12.0 Å². The van der Waals surface area contributed by atoms with Crippen LogP contribution in [0.25, 0.3) is 0 Å². The average Bonchev–Trinajstić information content (AvgIpc) is 2.60. The van der Waals surface area contributed by atoms with Gasteiger partial charge in [-0.05, 0) is 54.9 Å². The fraction of sp³-hybridized carbons (Fsp3) is 0.875. The van der Waals surface area contributed by atoms with E-state index in [9.17, 15) is 9.59 Å². The number of hydrogen-bond donors (Lipinski definition) is 0. The van der Waals surface area contributed by atoms with Gasteiger partial charge in [-0.15, -0.1) is 0 Å². The Morgan fingerprint density at radius 1 is 1.23 bits per heavy atom. The highest BCUT2D eigenvalue weighted by molar-refractivity contribution is 5.76. The van der Waals surface area contributed by atoms with E-state index in [0.717, 1.165) is 0 Å². The van der Waals surface area contributed by atoms with E-state index in [1.807, 2.05) is 34.6 Å². The molecule has 1 saturated heterocycles. The molecule has 1 unspecified atom stereocenters. The van der Waals surface area contributed by atoms with Gasteiger partial charge in [-0.1, -0.05) is 0 Å². The average molecular weight is 315 g/mol. The summed E-state index contributed by atoms with van der Waals surface area (Å²) >= 11 is 0. The van der Waals surface area contributed by atoms with Crippen molar-refractivity contribution in [2.45, 2.75) is 72.3 Å². The smallest absolute Gasteiger partial charge is 0.412 e. The summed E-state index contributed by atoms with van der Waals surface area (Å²) in [4.78, 5) is 26.0. The van der Waals surface area contributed by atoms with E-state index < -0.39 is 22.8 Å². The molecule has 1 rings (SSSR count). The number of methoxy groups -OCH3 is 1. The zero-order chi connectivity index (χ0) is 17.3. The van der Waals surface area contributed by atoms with Gasteiger partial charge in [0.2, 0.25) is 0 Å². The predicted octanol–water partition coefficient (Wildman–Crippen LogP) is 2.95. The van der Waals surface area contributed by atoms with Crippen LogP contribution in [0.2, 0.25) is 0 Å². The normalized spacial score (nSPS) is 21.6. The molecule has 0 bridgehead atoms. The molecule has 0 saturated carbocycles. The van der Waals surface area contributed by atoms with E-state index in [0.29, 0.717) is 13.0 Å². The molecule has 0 radical (unpaired) electrons. The summed E-state index contributed by atoms with van der Waals surface area (Å²) in [5.41, 5.74) is -2.05. The largest absolute Gasteiger partial charge is 0.469 e. The molecule has 1 atom stereocenters. The van der Waals surface area contributed by atoms with Crippen LogP contribution in [-0.4, -0.2) is 48.0 Å². The van der Waals surface area contributed by atoms with Gasteiger partial charge in [-0.25, -0.2) is 4.79 Å². The summed E-state index contributed by atoms with van der Waals surface area (Å²) in [6.07, 6.45) is 0.0168. The molecule has 0 spiro atoms. The molecule has 0 aromatic carbocycles. The van der Waals surface area contributed by atoms with Crippen LogP contribution in [0.3, 0.4) is 0 Å². The van der Waals surface area contributed by atoms with Gasteiger partial charge < -0.3 is 14.2 Å². The standard InChI is InChI=1S/C16H29NO5/c1-14(2,3)22-13(19)17-11(10-21-16(17,6)7)9-15(4,5)12(18)20-8/h11H,9-10H2,1-8H3. The quantitative estimate of drug-likeness (QED) is 0.749. The summed E-state index contributed by atoms with van der Waals surface area (Å²) in [6.45, 7) is 13.1. The van der Waals surface area contributed by atoms with E-state index in [1.54, 1.807) is 18.7 Å². The van der Waals surface area contributed by atoms with Crippen LogP contribution < -0.4 is 0 Å². The van der Waals surface area contributed by atoms with Crippen LogP contribution in [0, 0.1) is 5.41 Å². The van der Waals surface area contributed by atoms with E-state index in [2.05, 4.69) is 0 Å². The molecular formula is C16H29NO5. The van der Waals surface area contributed by atoms with E-state index in [1.165, 1.54) is 7.11 Å². The molecule has 0 aromatic heterocycles. The van der Waals surface area contributed by atoms with Crippen LogP contribution >= 0.6 is 0 Å². The molecule has 1 aliphatic heterocycles. The van der Waals surface area contributed by atoms with Gasteiger partial charge in [0.1, 0.15) is 11.3 Å². The number of nitrogens with zero attached hydrogens (tertiary/aromatic N) is 1. The summed E-state index contributed by atoms with van der Waals surface area (Å²) < 4.78 is 16.1. The Kier molecular flexibility index (Phi) is 5.17. The van der Waals surface area contributed by atoms with Crippen molar-refractivity contribution in [3.63, 3.8) is 0 Å². The third kappa shape index (κ3) is 4.35. The Bertz CT molecular complexity index is 436. The molecule has 1 heterocycles. The third-order valence-electron chi connectivity index (χ3n) is 3.65. The lowest BCUT2D eigenvalue weighted by atomic mass is 9.85. The second-order valence-electron chi connectivity index (χ2n) is 7.84. The van der Waals surface area contributed by atoms with Crippen molar-refractivity contribution >= 4 is 12.1 Å². The molecule has 1 aliphatic rings. The van der Waals surface area contributed by atoms with Gasteiger partial charge in [0.25, 0.3) is 0 Å². The zero-order valence-corrected chi connectivity index (χ0v) is 15.0. The van der Waals surface area contributed by atoms with Crippen LogP contribution in [-0.2, 0) is 19.0 Å². The first-order chi connectivity index (χ1) is 9.80. The minimum Gasteiger partial charge on any atom is -0.469 e. The Balaban J connectivity index is 2.95. The number of carbonyl (C=O) groups excluding carboxylic acids is 2. The fourth-order valence-electron chi connectivity index (χ4n) is 2.66. The Morgan fingerprint density at radius 2 is 1.77 bits per heavy atom. The van der Waals surface area contributed by atoms with Gasteiger partial charge in [0, 0.05) is 0 Å². The lowest BCUT2D eigenvalue weighted by molar-refractivity contribution is -0.152. The molecule has 0 aliphatic carbocycles. The number of ether oxygens (including phenoxy) is 3. The summed E-state index contributed by atoms with van der Waals surface area (Å²) in [5.74, 6) is -0.304. The third-order valence-corrected chi connectivity index (χ3v) is 3.65. The van der Waals surface area contributed by atoms with Crippen molar-refractivity contribution < 1.29 is 23.8 Å². The Morgan fingerprint density at radius 3 is 2.23 bits per heavy atom. The van der Waals surface area contributed by atoms with Crippen molar-refractivity contribution in [1.82, 2.24) is 4.90 Å². The van der Waals surface area contributed by atoms with Crippen molar-refractivity contribution in [3.05, 3.63) is 0 Å². The number of esters is 1. The predicted molar refractivity (Wildman–Crippen MR) is 82.3 cm³/mol. The molecule has 128 valence electrons. The highest BCUT2D eigenvalue weighted by atomic mass is 16.6. The van der Waals surface area contributed by atoms with Gasteiger partial charge in [-0.3, -0.25) is 9.69 Å². The molecule has 6 nitrogen and oxygen atoms in total. The van der Waals surface area contributed by atoms with Crippen LogP contribution in [0.4, 0.5) is 4.79 Å². The molecule has 1 amide bonds. The van der Waals surface area contributed by atoms with Crippen molar-refractivity contribution in [3.8, 4) is 0 Å². The Labute approximate surface area is 133 Å². The minimum atomic E-state index is -0.765. The first-order valence-corrected chi connectivity index (χ1v) is 7.55. The first-order valence-electron chi connectivity index (χ1n) is 7.55. The number of hydrogen-bond acceptors (Lipinski definition) is 5. The topological polar surface area (TPSA) is 65.1 Å². The van der Waals surface area contributed by atoms with Crippen molar-refractivity contribution in [2.24, 2.45) is 5.41 Å². The number of carbonyl (C=O) groups is 2. The maximum Gasteiger partial charge on any atom is 0.412 e. The minimum absolute atomic E-state index is 0.237. The summed E-state index contributed by atoms with van der Waals surface area (Å²) in [7, 11) is 1.37. The SMILES string of the molecule is COC(=O)C(C)(C)CC1COC(C)(C)N1C(=O)OC(C)(C)C. The van der Waals surface area contributed by atoms with Crippen molar-refractivity contribution in [2.75, 3.05) is 13.7 Å². The fourth-order valence-corrected chi connectivity index (χ4v) is 2.66. The van der Waals surface area contributed by atoms with E-state index in [4.69, 9.17) is 14.2 Å². The number of amides is 1. The summed E-state index contributed by atoms with van der Waals surface area (Å²) in [5, 5.41) is 0. The van der Waals surface area contributed by atoms with Gasteiger partial charge in [-0.2, -0.15) is 0 Å². The second-order valence-corrected chi connectivity index (χ2v) is 7.84. The molecular weight excluding hydrogens is 286 g/mol. The maximum absolute atomic E-state index is 12.5. The lowest BCUT2D eigenvalue weighted by Crippen LogP contribution is -2.51. The second kappa shape index (κ2) is 6.07. The highest BCUT2D eigenvalue weighted by Gasteiger charge is 2.48. The first kappa shape index (κ1) is 18.7. The van der Waals surface area contributed by atoms with Crippen molar-refractivity contribution in [1.29, 1.82) is 0 Å². The van der Waals surface area contributed by atoms with Crippen LogP contribution in [0.15, 0.2) is 0 Å². The Hall–Kier alpha value is -1.30. The lowest BCUT2D eigenvalue weighted by Gasteiger charge is -2.37. The zero-order valence-electron chi connectivity index (χ0n) is 15.0. The molecule has 0 aromatic rings. The maximum atomic E-state index is 12.5. The number of rotatable bonds is 3. The van der Waals surface area contributed by atoms with Crippen LogP contribution in [0.5, 0.6) is 0 Å². The van der Waals surface area contributed by atoms with E-state index >= 15 is 0 Å². The molecule has 22 heavy (non-hydrogen) atoms. The molecule has 6 heteroatoms. The summed E-state index contributed by atoms with van der Waals surface area (Å²) in [6, 6.07) is -0.237. The van der Waals surface area contributed by atoms with Gasteiger partial charge >= 0.3 is 12.1 Å². The monoisotopic (exact) mass is 315 g/mol. The van der Waals surface area contributed by atoms with Crippen LogP contribution in [0.1, 0.15) is 54.9 Å². The van der Waals surface area contributed by atoms with Gasteiger partial charge in [0.15, 0.2) is 0 Å².